The number of halogens is 2. The molecule has 2 nitrogen and oxygen atoms in total. The summed E-state index contributed by atoms with van der Waals surface area (Å²) in [7, 11) is 0. The van der Waals surface area contributed by atoms with Gasteiger partial charge in [-0.05, 0) is 54.9 Å². The highest BCUT2D eigenvalue weighted by atomic mass is 35.5. The van der Waals surface area contributed by atoms with E-state index in [2.05, 4.69) is 4.90 Å². The molecule has 1 aromatic rings. The number of amides is 1. The molecule has 2 aliphatic heterocycles. The molecule has 1 unspecified atom stereocenters. The van der Waals surface area contributed by atoms with Crippen molar-refractivity contribution in [3.05, 3.63) is 33.8 Å². The first-order valence-corrected chi connectivity index (χ1v) is 9.39. The lowest BCUT2D eigenvalue weighted by atomic mass is 9.98. The molecule has 0 spiro atoms. The fraction of sp³-hybridized carbons (Fsp3) is 0.562. The quantitative estimate of drug-likeness (QED) is 0.816. The van der Waals surface area contributed by atoms with E-state index >= 15 is 0 Å². The highest BCUT2D eigenvalue weighted by Crippen LogP contribution is 2.33. The van der Waals surface area contributed by atoms with Crippen LogP contribution in [0, 0.1) is 5.92 Å². The first kappa shape index (κ1) is 15.5. The van der Waals surface area contributed by atoms with Crippen LogP contribution in [0.1, 0.15) is 24.8 Å². The third-order valence-electron chi connectivity index (χ3n) is 4.49. The van der Waals surface area contributed by atoms with Crippen LogP contribution in [-0.4, -0.2) is 34.9 Å². The van der Waals surface area contributed by atoms with Crippen molar-refractivity contribution < 1.29 is 4.79 Å². The van der Waals surface area contributed by atoms with Gasteiger partial charge in [0.1, 0.15) is 0 Å². The molecule has 1 atom stereocenters. The molecule has 1 amide bonds. The van der Waals surface area contributed by atoms with E-state index in [1.807, 2.05) is 30.0 Å². The van der Waals surface area contributed by atoms with E-state index in [0.29, 0.717) is 28.4 Å². The summed E-state index contributed by atoms with van der Waals surface area (Å²) in [5, 5.41) is 1.34. The van der Waals surface area contributed by atoms with Gasteiger partial charge >= 0.3 is 0 Å². The maximum atomic E-state index is 12.7. The van der Waals surface area contributed by atoms with Crippen molar-refractivity contribution in [1.29, 1.82) is 0 Å². The molecule has 114 valence electrons. The molecule has 0 aliphatic carbocycles. The third kappa shape index (κ3) is 3.35. The Morgan fingerprint density at radius 3 is 2.48 bits per heavy atom. The lowest BCUT2D eigenvalue weighted by molar-refractivity contribution is -0.133. The van der Waals surface area contributed by atoms with Gasteiger partial charge in [-0.1, -0.05) is 29.3 Å². The van der Waals surface area contributed by atoms with E-state index in [9.17, 15) is 4.79 Å². The molecule has 2 fully saturated rings. The van der Waals surface area contributed by atoms with E-state index in [-0.39, 0.29) is 5.92 Å². The third-order valence-corrected chi connectivity index (χ3v) is 6.25. The second-order valence-corrected chi connectivity index (χ2v) is 7.80. The van der Waals surface area contributed by atoms with Crippen molar-refractivity contribution >= 4 is 40.9 Å². The van der Waals surface area contributed by atoms with E-state index in [1.165, 1.54) is 11.5 Å². The van der Waals surface area contributed by atoms with Crippen LogP contribution in [0.5, 0.6) is 0 Å². The Labute approximate surface area is 140 Å². The second kappa shape index (κ2) is 6.80. The van der Waals surface area contributed by atoms with Crippen molar-refractivity contribution in [1.82, 2.24) is 4.90 Å². The van der Waals surface area contributed by atoms with Gasteiger partial charge in [-0.3, -0.25) is 4.79 Å². The molecule has 5 heteroatoms. The summed E-state index contributed by atoms with van der Waals surface area (Å²) in [5.74, 6) is 2.69. The van der Waals surface area contributed by atoms with Crippen LogP contribution in [0.25, 0.3) is 0 Å². The molecule has 3 rings (SSSR count). The Morgan fingerprint density at radius 2 is 1.81 bits per heavy atom. The molecule has 0 radical (unpaired) electrons. The number of nitrogens with zero attached hydrogens (tertiary/aromatic N) is 1. The van der Waals surface area contributed by atoms with Crippen molar-refractivity contribution in [2.24, 2.45) is 5.92 Å². The smallest absolute Gasteiger partial charge is 0.226 e. The molecular weight excluding hydrogens is 325 g/mol. The summed E-state index contributed by atoms with van der Waals surface area (Å²) < 4.78 is 0. The number of carbonyl (C=O) groups is 1. The SMILES string of the molecule is O=C1C(Cc2c(Cl)cccc2Cl)CCN1C1CCSCC1. The van der Waals surface area contributed by atoms with Crippen LogP contribution in [-0.2, 0) is 11.2 Å². The average Bonchev–Trinajstić information content (AvgIpc) is 2.85. The zero-order chi connectivity index (χ0) is 14.8. The number of carbonyl (C=O) groups excluding carboxylic acids is 1. The Bertz CT molecular complexity index is 511. The monoisotopic (exact) mass is 343 g/mol. The van der Waals surface area contributed by atoms with Gasteiger partial charge in [0.25, 0.3) is 0 Å². The summed E-state index contributed by atoms with van der Waals surface area (Å²) in [4.78, 5) is 14.8. The van der Waals surface area contributed by atoms with Crippen LogP contribution in [0.3, 0.4) is 0 Å². The fourth-order valence-electron chi connectivity index (χ4n) is 3.29. The summed E-state index contributed by atoms with van der Waals surface area (Å²) in [6, 6.07) is 5.98. The van der Waals surface area contributed by atoms with Crippen LogP contribution < -0.4 is 0 Å². The van der Waals surface area contributed by atoms with Gasteiger partial charge in [-0.15, -0.1) is 0 Å². The number of benzene rings is 1. The number of likely N-dealkylation sites (tertiary alicyclic amines) is 1. The van der Waals surface area contributed by atoms with Crippen LogP contribution >= 0.6 is 35.0 Å². The zero-order valence-corrected chi connectivity index (χ0v) is 14.2. The van der Waals surface area contributed by atoms with Gasteiger partial charge in [-0.25, -0.2) is 0 Å². The molecule has 1 aromatic carbocycles. The molecule has 0 N–H and O–H groups in total. The van der Waals surface area contributed by atoms with Crippen LogP contribution in [0.15, 0.2) is 18.2 Å². The van der Waals surface area contributed by atoms with Gasteiger partial charge in [0.15, 0.2) is 0 Å². The predicted molar refractivity (Wildman–Crippen MR) is 90.3 cm³/mol. The van der Waals surface area contributed by atoms with E-state index in [0.717, 1.165) is 31.4 Å². The number of hydrogen-bond donors (Lipinski definition) is 0. The van der Waals surface area contributed by atoms with Crippen LogP contribution in [0.2, 0.25) is 10.0 Å². The standard InChI is InChI=1S/C16H19Cl2NOS/c17-14-2-1-3-15(18)13(14)10-11-4-7-19(16(11)20)12-5-8-21-9-6-12/h1-3,11-12H,4-10H2. The maximum Gasteiger partial charge on any atom is 0.226 e. The number of thioether (sulfide) groups is 1. The van der Waals surface area contributed by atoms with E-state index < -0.39 is 0 Å². The highest BCUT2D eigenvalue weighted by molar-refractivity contribution is 7.99. The highest BCUT2D eigenvalue weighted by Gasteiger charge is 2.36. The first-order valence-electron chi connectivity index (χ1n) is 7.48. The molecule has 2 heterocycles. The van der Waals surface area contributed by atoms with E-state index in [1.54, 1.807) is 0 Å². The van der Waals surface area contributed by atoms with E-state index in [4.69, 9.17) is 23.2 Å². The van der Waals surface area contributed by atoms with Crippen molar-refractivity contribution in [2.75, 3.05) is 18.1 Å². The summed E-state index contributed by atoms with van der Waals surface area (Å²) in [5.41, 5.74) is 0.917. The molecule has 2 aliphatic rings. The Hall–Kier alpha value is -0.380. The minimum absolute atomic E-state index is 0.0389. The molecule has 21 heavy (non-hydrogen) atoms. The lowest BCUT2D eigenvalue weighted by Crippen LogP contribution is -2.40. The average molecular weight is 344 g/mol. The molecule has 2 saturated heterocycles. The lowest BCUT2D eigenvalue weighted by Gasteiger charge is -2.31. The molecular formula is C16H19Cl2NOS. The molecule has 0 saturated carbocycles. The Morgan fingerprint density at radius 1 is 1.14 bits per heavy atom. The Kier molecular flexibility index (Phi) is 5.03. The van der Waals surface area contributed by atoms with Gasteiger partial charge in [0.05, 0.1) is 0 Å². The summed E-state index contributed by atoms with van der Waals surface area (Å²) >= 11 is 14.5. The topological polar surface area (TPSA) is 20.3 Å². The minimum Gasteiger partial charge on any atom is -0.339 e. The molecule has 0 bridgehead atoms. The second-order valence-electron chi connectivity index (χ2n) is 5.77. The first-order chi connectivity index (χ1) is 10.2. The fourth-order valence-corrected chi connectivity index (χ4v) is 4.92. The Balaban J connectivity index is 1.69. The number of hydrogen-bond acceptors (Lipinski definition) is 2. The van der Waals surface area contributed by atoms with Gasteiger partial charge in [0.2, 0.25) is 5.91 Å². The van der Waals surface area contributed by atoms with Gasteiger partial charge < -0.3 is 4.90 Å². The zero-order valence-electron chi connectivity index (χ0n) is 11.9. The minimum atomic E-state index is 0.0389. The van der Waals surface area contributed by atoms with Crippen molar-refractivity contribution in [3.63, 3.8) is 0 Å². The van der Waals surface area contributed by atoms with Gasteiger partial charge in [0, 0.05) is 28.5 Å². The maximum absolute atomic E-state index is 12.7. The number of rotatable bonds is 3. The van der Waals surface area contributed by atoms with Crippen molar-refractivity contribution in [3.8, 4) is 0 Å². The summed E-state index contributed by atoms with van der Waals surface area (Å²) in [6.07, 6.45) is 3.85. The summed E-state index contributed by atoms with van der Waals surface area (Å²) in [6.45, 7) is 0.890. The van der Waals surface area contributed by atoms with Gasteiger partial charge in [-0.2, -0.15) is 11.8 Å². The largest absolute Gasteiger partial charge is 0.339 e. The molecule has 0 aromatic heterocycles. The normalized spacial score (nSPS) is 23.8. The van der Waals surface area contributed by atoms with Crippen molar-refractivity contribution in [2.45, 2.75) is 31.7 Å². The van der Waals surface area contributed by atoms with Crippen LogP contribution in [0.4, 0.5) is 0 Å². The predicted octanol–water partition coefficient (Wildman–Crippen LogP) is 4.28.